The van der Waals surface area contributed by atoms with Crippen LogP contribution in [-0.4, -0.2) is 72.4 Å². The van der Waals surface area contributed by atoms with Crippen molar-refractivity contribution in [1.29, 1.82) is 0 Å². The van der Waals surface area contributed by atoms with Gasteiger partial charge in [0.05, 0.1) is 33.4 Å². The minimum absolute atomic E-state index is 0.177. The van der Waals surface area contributed by atoms with Gasteiger partial charge in [0.2, 0.25) is 0 Å². The smallest absolute Gasteiger partial charge is 0.338 e. The van der Waals surface area contributed by atoms with Crippen molar-refractivity contribution in [2.24, 2.45) is 71.0 Å². The van der Waals surface area contributed by atoms with E-state index in [1.807, 2.05) is 0 Å². The minimum Gasteiger partial charge on any atom is -0.459 e. The maximum absolute atomic E-state index is 13.3. The maximum Gasteiger partial charge on any atom is 0.338 e. The first kappa shape index (κ1) is 43.5. The standard InChI is InChI=1S/C57H60O12/c58-52-28-1-2-29(4-3-28)53(59)65-41-17-35-14-37-19-43(25-49(37)47(35)23-41)67-55(61)31-9-11-33(12-10-31)57(63)69-45-21-39-15-38-20-44(26-50(38)51(39)27-45)68-56(62)32-7-5-30(6-8-32)54(60)66-42-18-36-13-34-16-40(64-52)22-46(34)48(36)24-42/h1-12,34-51H,13-27H2/t34-,35+,36+,37-,38-,39+,40-,41-,42+,43+,44+,45-,46+,47-,48-,49+,50+,51-. The van der Waals surface area contributed by atoms with Crippen LogP contribution in [0.5, 0.6) is 0 Å². The molecule has 13 aliphatic rings. The fourth-order valence-electron chi connectivity index (χ4n) is 16.7. The van der Waals surface area contributed by atoms with Crippen LogP contribution in [-0.2, 0) is 28.4 Å². The highest BCUT2D eigenvalue weighted by Gasteiger charge is 2.56. The predicted molar refractivity (Wildman–Crippen MR) is 246 cm³/mol. The summed E-state index contributed by atoms with van der Waals surface area (Å²) in [4.78, 5) is 80.1. The summed E-state index contributed by atoms with van der Waals surface area (Å²) in [6, 6.07) is 19.7. The van der Waals surface area contributed by atoms with Gasteiger partial charge in [-0.1, -0.05) is 0 Å². The van der Waals surface area contributed by atoms with Gasteiger partial charge >= 0.3 is 35.8 Å². The van der Waals surface area contributed by atoms with Crippen LogP contribution >= 0.6 is 0 Å². The second-order valence-corrected chi connectivity index (χ2v) is 23.0. The monoisotopic (exact) mass is 936 g/mol. The van der Waals surface area contributed by atoms with E-state index in [2.05, 4.69) is 0 Å². The Morgan fingerprint density at radius 2 is 0.362 bits per heavy atom. The Balaban J connectivity index is 0.677. The first-order valence-electron chi connectivity index (χ1n) is 26.1. The molecule has 0 aromatic heterocycles. The molecule has 9 fully saturated rings. The molecule has 16 rings (SSSR count). The van der Waals surface area contributed by atoms with Crippen molar-refractivity contribution in [1.82, 2.24) is 0 Å². The van der Waals surface area contributed by atoms with Crippen molar-refractivity contribution in [3.8, 4) is 0 Å². The highest BCUT2D eigenvalue weighted by atomic mass is 16.6. The van der Waals surface area contributed by atoms with Crippen LogP contribution in [0, 0.1) is 71.0 Å². The lowest BCUT2D eigenvalue weighted by Crippen LogP contribution is -2.20. The Morgan fingerprint density at radius 1 is 0.217 bits per heavy atom. The molecule has 0 N–H and O–H groups in total. The lowest BCUT2D eigenvalue weighted by molar-refractivity contribution is 0.0266. The molecule has 69 heavy (non-hydrogen) atoms. The molecule has 12 nitrogen and oxygen atoms in total. The molecule has 3 aromatic carbocycles. The summed E-state index contributed by atoms with van der Waals surface area (Å²) in [5.74, 6) is 3.04. The Bertz CT molecular complexity index is 2100. The zero-order valence-electron chi connectivity index (χ0n) is 38.8. The van der Waals surface area contributed by atoms with Gasteiger partial charge in [-0.05, 0) is 240 Å². The van der Waals surface area contributed by atoms with Crippen molar-refractivity contribution in [3.63, 3.8) is 0 Å². The number of hydrogen-bond donors (Lipinski definition) is 0. The first-order valence-corrected chi connectivity index (χ1v) is 26.1. The maximum atomic E-state index is 13.3. The fourth-order valence-corrected chi connectivity index (χ4v) is 16.7. The average molecular weight is 937 g/mol. The molecule has 0 radical (unpaired) electrons. The quantitative estimate of drug-likeness (QED) is 0.156. The van der Waals surface area contributed by atoms with Crippen LogP contribution in [0.15, 0.2) is 72.8 Å². The van der Waals surface area contributed by atoms with Crippen LogP contribution in [0.1, 0.15) is 158 Å². The second-order valence-electron chi connectivity index (χ2n) is 23.0. The van der Waals surface area contributed by atoms with Crippen LogP contribution in [0.3, 0.4) is 0 Å². The molecule has 0 spiro atoms. The van der Waals surface area contributed by atoms with Crippen molar-refractivity contribution in [3.05, 3.63) is 106 Å². The molecule has 360 valence electrons. The third-order valence-electron chi connectivity index (χ3n) is 19.4. The molecule has 12 heteroatoms. The largest absolute Gasteiger partial charge is 0.459 e. The molecule has 0 amide bonds. The lowest BCUT2D eigenvalue weighted by Gasteiger charge is -2.19. The van der Waals surface area contributed by atoms with Gasteiger partial charge in [-0.2, -0.15) is 0 Å². The van der Waals surface area contributed by atoms with Gasteiger partial charge in [0.1, 0.15) is 36.6 Å². The van der Waals surface area contributed by atoms with Gasteiger partial charge in [0, 0.05) is 0 Å². The van der Waals surface area contributed by atoms with Crippen LogP contribution in [0.25, 0.3) is 0 Å². The summed E-state index contributed by atoms with van der Waals surface area (Å²) >= 11 is 0. The van der Waals surface area contributed by atoms with Crippen LogP contribution in [0.2, 0.25) is 0 Å². The SMILES string of the molecule is O=C1O[C@@H]2C[C@@H]3C[C@@H]4C[C@@H](C[C@@H]4[C@@H]3C2)OC(=O)c2ccc(cc2)C(=O)O[C@@H]2C[C@@H]3C[C@@H]4C[C@@H](C[C@@H]4[C@@H]3C2)OC(=O)c2ccc(cc2)C(=O)O[C@H]2C[C@@H]3C[C@@H]4C[C@H](C[C@@H]4[C@@H]3C2)OC(=O)c2ccc1cc2. The van der Waals surface area contributed by atoms with E-state index in [4.69, 9.17) is 28.4 Å². The first-order chi connectivity index (χ1) is 33.5. The average Bonchev–Trinajstić information content (AvgIpc) is 4.22. The van der Waals surface area contributed by atoms with Crippen molar-refractivity contribution in [2.45, 2.75) is 133 Å². The summed E-state index contributed by atoms with van der Waals surface area (Å²) in [5, 5.41) is 0. The molecular weight excluding hydrogens is 877 g/mol. The van der Waals surface area contributed by atoms with E-state index in [-0.39, 0.29) is 36.6 Å². The van der Waals surface area contributed by atoms with E-state index < -0.39 is 35.8 Å². The van der Waals surface area contributed by atoms with Crippen molar-refractivity contribution >= 4 is 35.8 Å². The Hall–Kier alpha value is -5.52. The summed E-state index contributed by atoms with van der Waals surface area (Å²) in [7, 11) is 0. The van der Waals surface area contributed by atoms with Gasteiger partial charge in [0.15, 0.2) is 0 Å². The molecule has 9 saturated carbocycles. The Morgan fingerprint density at radius 3 is 0.507 bits per heavy atom. The van der Waals surface area contributed by atoms with E-state index in [1.54, 1.807) is 72.8 Å². The number of rotatable bonds is 0. The number of esters is 6. The Kier molecular flexibility index (Phi) is 10.8. The number of hydrogen-bond acceptors (Lipinski definition) is 12. The predicted octanol–water partition coefficient (Wildman–Crippen LogP) is 9.62. The normalized spacial score (nSPS) is 41.0. The summed E-state index contributed by atoms with van der Waals surface area (Å²) < 4.78 is 36.4. The molecule has 3 aromatic rings. The highest BCUT2D eigenvalue weighted by Crippen LogP contribution is 2.60. The van der Waals surface area contributed by atoms with E-state index in [0.717, 1.165) is 96.3 Å². The molecule has 4 heterocycles. The molecule has 18 bridgehead atoms. The van der Waals surface area contributed by atoms with Gasteiger partial charge in [0.25, 0.3) is 0 Å². The second kappa shape index (κ2) is 17.1. The Labute approximate surface area is 401 Å². The number of benzene rings is 3. The van der Waals surface area contributed by atoms with Crippen LogP contribution < -0.4 is 0 Å². The lowest BCUT2D eigenvalue weighted by atomic mass is 9.89. The molecule has 0 saturated heterocycles. The third kappa shape index (κ3) is 8.05. The molecular formula is C57H60O12. The van der Waals surface area contributed by atoms with E-state index >= 15 is 0 Å². The number of carbonyl (C=O) groups excluding carboxylic acids is 6. The van der Waals surface area contributed by atoms with Gasteiger partial charge in [-0.25, -0.2) is 28.8 Å². The number of fused-ring (bicyclic) bond motifs is 3. The number of ether oxygens (including phenoxy) is 6. The van der Waals surface area contributed by atoms with Gasteiger partial charge in [-0.3, -0.25) is 0 Å². The minimum atomic E-state index is -0.391. The summed E-state index contributed by atoms with van der Waals surface area (Å²) in [6.45, 7) is 0. The molecule has 0 unspecified atom stereocenters. The highest BCUT2D eigenvalue weighted by molar-refractivity contribution is 5.95. The van der Waals surface area contributed by atoms with Crippen LogP contribution in [0.4, 0.5) is 0 Å². The summed E-state index contributed by atoms with van der Waals surface area (Å²) in [5.41, 5.74) is 2.41. The molecule has 18 atom stereocenters. The zero-order chi connectivity index (χ0) is 46.7. The number of carbonyl (C=O) groups is 6. The fraction of sp³-hybridized carbons (Fsp3) is 0.579. The van der Waals surface area contributed by atoms with E-state index in [9.17, 15) is 28.8 Å². The molecule has 4 aliphatic heterocycles. The zero-order valence-corrected chi connectivity index (χ0v) is 38.8. The van der Waals surface area contributed by atoms with E-state index in [0.29, 0.717) is 104 Å². The van der Waals surface area contributed by atoms with Crippen molar-refractivity contribution in [2.75, 3.05) is 0 Å². The molecule has 9 aliphatic carbocycles. The van der Waals surface area contributed by atoms with Gasteiger partial charge in [-0.15, -0.1) is 0 Å². The topological polar surface area (TPSA) is 158 Å². The third-order valence-corrected chi connectivity index (χ3v) is 19.4. The van der Waals surface area contributed by atoms with Crippen molar-refractivity contribution < 1.29 is 57.2 Å². The van der Waals surface area contributed by atoms with Gasteiger partial charge < -0.3 is 28.4 Å². The van der Waals surface area contributed by atoms with E-state index in [1.165, 1.54) is 0 Å². The summed E-state index contributed by atoms with van der Waals surface area (Å²) in [6.07, 6.45) is 11.9.